The van der Waals surface area contributed by atoms with E-state index in [9.17, 15) is 4.79 Å². The Kier molecular flexibility index (Phi) is 8.66. The SMILES string of the molecule is CCCc1ccccc1.NC(CS)C(=O)O. The first-order valence-corrected chi connectivity index (χ1v) is 5.88. The number of hydrogen-bond donors (Lipinski definition) is 3. The van der Waals surface area contributed by atoms with E-state index in [0.717, 1.165) is 0 Å². The summed E-state index contributed by atoms with van der Waals surface area (Å²) in [5.41, 5.74) is 6.38. The van der Waals surface area contributed by atoms with Gasteiger partial charge in [0, 0.05) is 5.75 Å². The van der Waals surface area contributed by atoms with Crippen LogP contribution in [0, 0.1) is 0 Å². The largest absolute Gasteiger partial charge is 0.480 e. The summed E-state index contributed by atoms with van der Waals surface area (Å²) in [6.07, 6.45) is 2.45. The Morgan fingerprint density at radius 1 is 1.44 bits per heavy atom. The molecule has 1 aromatic rings. The molecule has 16 heavy (non-hydrogen) atoms. The quantitative estimate of drug-likeness (QED) is 0.706. The van der Waals surface area contributed by atoms with Gasteiger partial charge in [-0.1, -0.05) is 43.7 Å². The highest BCUT2D eigenvalue weighted by molar-refractivity contribution is 7.80. The molecule has 1 rings (SSSR count). The van der Waals surface area contributed by atoms with Crippen molar-refractivity contribution < 1.29 is 9.90 Å². The standard InChI is InChI=1S/C9H12.C3H7NO2S/c1-2-6-9-7-4-3-5-8-9;4-2(1-7)3(5)6/h3-5,7-8H,2,6H2,1H3;2,7H,1,4H2,(H,5,6). The fourth-order valence-corrected chi connectivity index (χ4v) is 1.17. The third kappa shape index (κ3) is 7.31. The van der Waals surface area contributed by atoms with Crippen LogP contribution in [0.1, 0.15) is 18.9 Å². The molecule has 0 heterocycles. The molecular formula is C12H19NO2S. The van der Waals surface area contributed by atoms with Crippen molar-refractivity contribution in [3.8, 4) is 0 Å². The van der Waals surface area contributed by atoms with E-state index in [2.05, 4.69) is 49.9 Å². The van der Waals surface area contributed by atoms with Gasteiger partial charge in [-0.05, 0) is 12.0 Å². The van der Waals surface area contributed by atoms with Crippen LogP contribution >= 0.6 is 12.6 Å². The molecule has 0 aliphatic rings. The number of aliphatic carboxylic acids is 1. The fourth-order valence-electron chi connectivity index (χ4n) is 1.01. The first kappa shape index (κ1) is 15.0. The number of nitrogens with two attached hydrogens (primary N) is 1. The number of carboxylic acid groups (broad SMARTS) is 1. The molecule has 4 heteroatoms. The highest BCUT2D eigenvalue weighted by atomic mass is 32.1. The molecule has 90 valence electrons. The predicted octanol–water partition coefficient (Wildman–Crippen LogP) is 1.97. The Labute approximate surface area is 102 Å². The van der Waals surface area contributed by atoms with Crippen molar-refractivity contribution in [1.82, 2.24) is 0 Å². The molecular weight excluding hydrogens is 222 g/mol. The zero-order chi connectivity index (χ0) is 12.4. The Bertz CT molecular complexity index is 290. The average Bonchev–Trinajstić information content (AvgIpc) is 2.30. The number of carboxylic acids is 1. The van der Waals surface area contributed by atoms with Crippen LogP contribution in [0.25, 0.3) is 0 Å². The van der Waals surface area contributed by atoms with Gasteiger partial charge in [-0.2, -0.15) is 12.6 Å². The highest BCUT2D eigenvalue weighted by Crippen LogP contribution is 2.00. The van der Waals surface area contributed by atoms with E-state index in [1.54, 1.807) is 0 Å². The minimum absolute atomic E-state index is 0.190. The third-order valence-corrected chi connectivity index (χ3v) is 2.29. The number of rotatable bonds is 4. The molecule has 0 aromatic heterocycles. The molecule has 0 saturated carbocycles. The van der Waals surface area contributed by atoms with Gasteiger partial charge in [-0.3, -0.25) is 4.79 Å². The second-order valence-electron chi connectivity index (χ2n) is 3.36. The van der Waals surface area contributed by atoms with Crippen molar-refractivity contribution in [2.75, 3.05) is 5.75 Å². The molecule has 0 aliphatic carbocycles. The van der Waals surface area contributed by atoms with Crippen molar-refractivity contribution in [2.24, 2.45) is 5.73 Å². The van der Waals surface area contributed by atoms with Crippen LogP contribution in [0.3, 0.4) is 0 Å². The molecule has 3 N–H and O–H groups in total. The van der Waals surface area contributed by atoms with Gasteiger partial charge in [0.2, 0.25) is 0 Å². The smallest absolute Gasteiger partial charge is 0.321 e. The van der Waals surface area contributed by atoms with E-state index in [1.807, 2.05) is 0 Å². The lowest BCUT2D eigenvalue weighted by Gasteiger charge is -1.96. The molecule has 0 bridgehead atoms. The maximum atomic E-state index is 9.76. The maximum absolute atomic E-state index is 9.76. The van der Waals surface area contributed by atoms with Gasteiger partial charge in [0.05, 0.1) is 0 Å². The summed E-state index contributed by atoms with van der Waals surface area (Å²) in [5, 5.41) is 8.01. The van der Waals surface area contributed by atoms with Crippen LogP contribution in [0.5, 0.6) is 0 Å². The van der Waals surface area contributed by atoms with Gasteiger partial charge >= 0.3 is 5.97 Å². The lowest BCUT2D eigenvalue weighted by Crippen LogP contribution is -2.31. The Morgan fingerprint density at radius 3 is 2.31 bits per heavy atom. The van der Waals surface area contributed by atoms with Gasteiger partial charge in [0.25, 0.3) is 0 Å². The number of thiol groups is 1. The number of aryl methyl sites for hydroxylation is 1. The zero-order valence-corrected chi connectivity index (χ0v) is 10.4. The van der Waals surface area contributed by atoms with Gasteiger partial charge in [0.1, 0.15) is 6.04 Å². The third-order valence-electron chi connectivity index (χ3n) is 1.90. The van der Waals surface area contributed by atoms with Crippen LogP contribution < -0.4 is 5.73 Å². The number of hydrogen-bond acceptors (Lipinski definition) is 3. The molecule has 3 nitrogen and oxygen atoms in total. The minimum atomic E-state index is -1.00. The summed E-state index contributed by atoms with van der Waals surface area (Å²) in [4.78, 5) is 9.76. The van der Waals surface area contributed by atoms with E-state index >= 15 is 0 Å². The maximum Gasteiger partial charge on any atom is 0.321 e. The lowest BCUT2D eigenvalue weighted by molar-refractivity contribution is -0.137. The van der Waals surface area contributed by atoms with Gasteiger partial charge < -0.3 is 10.8 Å². The molecule has 0 radical (unpaired) electrons. The average molecular weight is 241 g/mol. The minimum Gasteiger partial charge on any atom is -0.480 e. The second kappa shape index (κ2) is 9.24. The molecule has 0 spiro atoms. The summed E-state index contributed by atoms with van der Waals surface area (Å²) in [5.74, 6) is -0.815. The number of benzene rings is 1. The molecule has 0 aliphatic heterocycles. The summed E-state index contributed by atoms with van der Waals surface area (Å²) in [6, 6.07) is 9.76. The Hall–Kier alpha value is -1.00. The monoisotopic (exact) mass is 241 g/mol. The topological polar surface area (TPSA) is 63.3 Å². The van der Waals surface area contributed by atoms with Crippen molar-refractivity contribution in [1.29, 1.82) is 0 Å². The molecule has 1 unspecified atom stereocenters. The Morgan fingerprint density at radius 2 is 2.00 bits per heavy atom. The molecule has 1 atom stereocenters. The highest BCUT2D eigenvalue weighted by Gasteiger charge is 2.06. The van der Waals surface area contributed by atoms with Crippen molar-refractivity contribution in [3.63, 3.8) is 0 Å². The summed E-state index contributed by atoms with van der Waals surface area (Å²) >= 11 is 3.65. The first-order chi connectivity index (χ1) is 7.61. The fraction of sp³-hybridized carbons (Fsp3) is 0.417. The molecule has 0 amide bonds. The normalized spacial score (nSPS) is 11.2. The van der Waals surface area contributed by atoms with Crippen molar-refractivity contribution in [3.05, 3.63) is 35.9 Å². The van der Waals surface area contributed by atoms with Crippen LogP contribution in [0.2, 0.25) is 0 Å². The van der Waals surface area contributed by atoms with Crippen molar-refractivity contribution >= 4 is 18.6 Å². The molecule has 0 saturated heterocycles. The van der Waals surface area contributed by atoms with E-state index in [4.69, 9.17) is 10.8 Å². The van der Waals surface area contributed by atoms with Crippen molar-refractivity contribution in [2.45, 2.75) is 25.8 Å². The van der Waals surface area contributed by atoms with E-state index in [0.29, 0.717) is 0 Å². The molecule has 1 aromatic carbocycles. The summed E-state index contributed by atoms with van der Waals surface area (Å²) in [6.45, 7) is 2.20. The van der Waals surface area contributed by atoms with Gasteiger partial charge in [-0.15, -0.1) is 0 Å². The van der Waals surface area contributed by atoms with Crippen LogP contribution in [0.15, 0.2) is 30.3 Å². The van der Waals surface area contributed by atoms with E-state index in [1.165, 1.54) is 18.4 Å². The summed E-state index contributed by atoms with van der Waals surface area (Å²) in [7, 11) is 0. The second-order valence-corrected chi connectivity index (χ2v) is 3.73. The van der Waals surface area contributed by atoms with Gasteiger partial charge in [0.15, 0.2) is 0 Å². The number of carbonyl (C=O) groups is 1. The molecule has 0 fully saturated rings. The van der Waals surface area contributed by atoms with Crippen LogP contribution in [-0.4, -0.2) is 22.9 Å². The lowest BCUT2D eigenvalue weighted by atomic mass is 10.1. The van der Waals surface area contributed by atoms with E-state index in [-0.39, 0.29) is 5.75 Å². The summed E-state index contributed by atoms with van der Waals surface area (Å²) < 4.78 is 0. The van der Waals surface area contributed by atoms with Gasteiger partial charge in [-0.25, -0.2) is 0 Å². The van der Waals surface area contributed by atoms with E-state index < -0.39 is 12.0 Å². The Balaban J connectivity index is 0.000000293. The van der Waals surface area contributed by atoms with Crippen LogP contribution in [0.4, 0.5) is 0 Å². The zero-order valence-electron chi connectivity index (χ0n) is 9.47. The van der Waals surface area contributed by atoms with Crippen LogP contribution in [-0.2, 0) is 11.2 Å². The first-order valence-electron chi connectivity index (χ1n) is 5.25. The predicted molar refractivity (Wildman–Crippen MR) is 69.9 cm³/mol.